The van der Waals surface area contributed by atoms with Gasteiger partial charge in [-0.1, -0.05) is 17.3 Å². The summed E-state index contributed by atoms with van der Waals surface area (Å²) in [6.07, 6.45) is 0. The fourth-order valence-electron chi connectivity index (χ4n) is 1.51. The van der Waals surface area contributed by atoms with Crippen LogP contribution in [0.25, 0.3) is 10.6 Å². The Balaban J connectivity index is 1.76. The second-order valence-electron chi connectivity index (χ2n) is 3.58. The second kappa shape index (κ2) is 5.17. The fraction of sp³-hybridized carbons (Fsp3) is 0.0833. The molecule has 0 bridgehead atoms. The Morgan fingerprint density at radius 1 is 1.22 bits per heavy atom. The third-order valence-electron chi connectivity index (χ3n) is 2.32. The van der Waals surface area contributed by atoms with Crippen molar-refractivity contribution in [3.8, 4) is 10.6 Å². The molecule has 3 rings (SSSR count). The summed E-state index contributed by atoms with van der Waals surface area (Å²) in [5.74, 6) is 1.14. The van der Waals surface area contributed by atoms with E-state index in [2.05, 4.69) is 5.16 Å². The zero-order chi connectivity index (χ0) is 12.4. The second-order valence-corrected chi connectivity index (χ2v) is 7.16. The van der Waals surface area contributed by atoms with Gasteiger partial charge in [0.2, 0.25) is 0 Å². The minimum absolute atomic E-state index is 0.398. The molecule has 1 atom stereocenters. The third kappa shape index (κ3) is 2.45. The standard InChI is InChI=1S/C12H9NO2S3/c14-18(12-4-2-6-17-12)8-9-7-10(15-13-9)11-3-1-5-16-11/h1-7H,8H2. The summed E-state index contributed by atoms with van der Waals surface area (Å²) in [7, 11) is -1.04. The van der Waals surface area contributed by atoms with Gasteiger partial charge in [-0.15, -0.1) is 22.7 Å². The zero-order valence-corrected chi connectivity index (χ0v) is 11.7. The molecule has 0 amide bonds. The highest BCUT2D eigenvalue weighted by Crippen LogP contribution is 2.26. The van der Waals surface area contributed by atoms with E-state index in [0.717, 1.165) is 20.5 Å². The number of aromatic nitrogens is 1. The van der Waals surface area contributed by atoms with E-state index in [9.17, 15) is 4.21 Å². The van der Waals surface area contributed by atoms with Crippen LogP contribution < -0.4 is 0 Å². The van der Waals surface area contributed by atoms with Gasteiger partial charge in [0.05, 0.1) is 31.3 Å². The van der Waals surface area contributed by atoms with Crippen molar-refractivity contribution in [1.82, 2.24) is 5.16 Å². The van der Waals surface area contributed by atoms with Gasteiger partial charge in [0.25, 0.3) is 0 Å². The molecule has 0 aliphatic rings. The Bertz CT molecular complexity index is 641. The van der Waals surface area contributed by atoms with Gasteiger partial charge in [0.15, 0.2) is 5.76 Å². The molecule has 0 saturated carbocycles. The third-order valence-corrected chi connectivity index (χ3v) is 5.86. The van der Waals surface area contributed by atoms with E-state index in [0.29, 0.717) is 5.75 Å². The van der Waals surface area contributed by atoms with Crippen LogP contribution in [-0.4, -0.2) is 9.37 Å². The van der Waals surface area contributed by atoms with Crippen molar-refractivity contribution in [1.29, 1.82) is 0 Å². The number of thiophene rings is 2. The molecule has 0 N–H and O–H groups in total. The van der Waals surface area contributed by atoms with Crippen molar-refractivity contribution in [3.05, 3.63) is 46.8 Å². The minimum atomic E-state index is -1.04. The average molecular weight is 295 g/mol. The van der Waals surface area contributed by atoms with Crippen molar-refractivity contribution in [2.75, 3.05) is 0 Å². The average Bonchev–Trinajstić information content (AvgIpc) is 3.12. The highest BCUT2D eigenvalue weighted by atomic mass is 32.2. The van der Waals surface area contributed by atoms with E-state index in [-0.39, 0.29) is 0 Å². The monoisotopic (exact) mass is 295 g/mol. The first-order chi connectivity index (χ1) is 8.83. The molecule has 3 heterocycles. The summed E-state index contributed by atoms with van der Waals surface area (Å²) in [6, 6.07) is 9.58. The number of hydrogen-bond acceptors (Lipinski definition) is 5. The maximum atomic E-state index is 12.0. The lowest BCUT2D eigenvalue weighted by Crippen LogP contribution is -1.93. The highest BCUT2D eigenvalue weighted by Gasteiger charge is 2.12. The van der Waals surface area contributed by atoms with Gasteiger partial charge >= 0.3 is 0 Å². The molecule has 18 heavy (non-hydrogen) atoms. The molecule has 0 aromatic carbocycles. The minimum Gasteiger partial charge on any atom is -0.355 e. The predicted molar refractivity (Wildman–Crippen MR) is 74.2 cm³/mol. The summed E-state index contributed by atoms with van der Waals surface area (Å²) < 4.78 is 18.1. The van der Waals surface area contributed by atoms with Crippen LogP contribution >= 0.6 is 22.7 Å². The molecule has 0 radical (unpaired) electrons. The van der Waals surface area contributed by atoms with Crippen LogP contribution in [0, 0.1) is 0 Å². The van der Waals surface area contributed by atoms with Crippen LogP contribution in [0.2, 0.25) is 0 Å². The molecule has 3 nitrogen and oxygen atoms in total. The fourth-order valence-corrected chi connectivity index (χ4v) is 4.18. The van der Waals surface area contributed by atoms with Gasteiger partial charge in [-0.05, 0) is 22.9 Å². The van der Waals surface area contributed by atoms with E-state index < -0.39 is 10.8 Å². The van der Waals surface area contributed by atoms with Crippen molar-refractivity contribution < 1.29 is 8.73 Å². The Morgan fingerprint density at radius 2 is 2.06 bits per heavy atom. The van der Waals surface area contributed by atoms with Crippen LogP contribution in [-0.2, 0) is 16.6 Å². The molecule has 3 aromatic rings. The SMILES string of the molecule is O=S(Cc1cc(-c2cccs2)on1)c1cccs1. The Morgan fingerprint density at radius 3 is 2.78 bits per heavy atom. The zero-order valence-electron chi connectivity index (χ0n) is 9.24. The topological polar surface area (TPSA) is 43.1 Å². The van der Waals surface area contributed by atoms with Crippen LogP contribution in [0.3, 0.4) is 0 Å². The maximum absolute atomic E-state index is 12.0. The molecule has 3 aromatic heterocycles. The summed E-state index contributed by atoms with van der Waals surface area (Å²) in [4.78, 5) is 1.04. The van der Waals surface area contributed by atoms with Gasteiger partial charge in [-0.3, -0.25) is 4.21 Å². The lowest BCUT2D eigenvalue weighted by molar-refractivity contribution is 0.427. The summed E-state index contributed by atoms with van der Waals surface area (Å²) in [6.45, 7) is 0. The molecule has 0 saturated heterocycles. The largest absolute Gasteiger partial charge is 0.355 e. The van der Waals surface area contributed by atoms with Crippen LogP contribution in [0.15, 0.2) is 49.8 Å². The van der Waals surface area contributed by atoms with E-state index in [1.165, 1.54) is 11.3 Å². The Kier molecular flexibility index (Phi) is 3.40. The summed E-state index contributed by atoms with van der Waals surface area (Å²) in [5, 5.41) is 7.88. The normalized spacial score (nSPS) is 12.7. The molecule has 0 aliphatic carbocycles. The Hall–Kier alpha value is -1.24. The molecule has 1 unspecified atom stereocenters. The number of hydrogen-bond donors (Lipinski definition) is 0. The van der Waals surface area contributed by atoms with Crippen LogP contribution in [0.4, 0.5) is 0 Å². The van der Waals surface area contributed by atoms with Gasteiger partial charge in [0.1, 0.15) is 0 Å². The molecule has 0 fully saturated rings. The van der Waals surface area contributed by atoms with Crippen molar-refractivity contribution in [2.24, 2.45) is 0 Å². The lowest BCUT2D eigenvalue weighted by Gasteiger charge is -1.93. The molecular weight excluding hydrogens is 286 g/mol. The van der Waals surface area contributed by atoms with Gasteiger partial charge < -0.3 is 4.52 Å². The van der Waals surface area contributed by atoms with E-state index in [1.54, 1.807) is 11.3 Å². The summed E-state index contributed by atoms with van der Waals surface area (Å²) in [5.41, 5.74) is 0.727. The van der Waals surface area contributed by atoms with E-state index in [1.807, 2.05) is 41.1 Å². The van der Waals surface area contributed by atoms with E-state index in [4.69, 9.17) is 4.52 Å². The first-order valence-electron chi connectivity index (χ1n) is 5.24. The van der Waals surface area contributed by atoms with Crippen molar-refractivity contribution >= 4 is 33.5 Å². The molecular formula is C12H9NO2S3. The van der Waals surface area contributed by atoms with Gasteiger partial charge in [0, 0.05) is 6.07 Å². The molecule has 6 heteroatoms. The maximum Gasteiger partial charge on any atom is 0.177 e. The quantitative estimate of drug-likeness (QED) is 0.736. The Labute approximate surface area is 115 Å². The van der Waals surface area contributed by atoms with Gasteiger partial charge in [-0.25, -0.2) is 0 Å². The molecule has 0 aliphatic heterocycles. The smallest absolute Gasteiger partial charge is 0.177 e. The van der Waals surface area contributed by atoms with Crippen LogP contribution in [0.1, 0.15) is 5.69 Å². The summed E-state index contributed by atoms with van der Waals surface area (Å²) >= 11 is 3.10. The van der Waals surface area contributed by atoms with Gasteiger partial charge in [-0.2, -0.15) is 0 Å². The van der Waals surface area contributed by atoms with Crippen molar-refractivity contribution in [2.45, 2.75) is 9.96 Å². The molecule has 0 spiro atoms. The first-order valence-corrected chi connectivity index (χ1v) is 8.32. The van der Waals surface area contributed by atoms with E-state index >= 15 is 0 Å². The first kappa shape index (κ1) is 11.8. The highest BCUT2D eigenvalue weighted by molar-refractivity contribution is 7.86. The lowest BCUT2D eigenvalue weighted by atomic mass is 10.3. The number of nitrogens with zero attached hydrogens (tertiary/aromatic N) is 1. The predicted octanol–water partition coefficient (Wildman–Crippen LogP) is 3.77. The van der Waals surface area contributed by atoms with Crippen molar-refractivity contribution in [3.63, 3.8) is 0 Å². The number of rotatable bonds is 4. The molecule has 92 valence electrons. The van der Waals surface area contributed by atoms with Crippen LogP contribution in [0.5, 0.6) is 0 Å².